The smallest absolute Gasteiger partial charge is 0.121 e. The highest BCUT2D eigenvalue weighted by molar-refractivity contribution is 5.49. The monoisotopic (exact) mass is 182 g/mol. The fourth-order valence-electron chi connectivity index (χ4n) is 2.68. The van der Waals surface area contributed by atoms with Crippen molar-refractivity contribution >= 4 is 6.29 Å². The molecule has 0 radical (unpaired) electrons. The zero-order valence-corrected chi connectivity index (χ0v) is 7.96. The minimum Gasteiger partial charge on any atom is -0.316 e. The molecule has 1 saturated carbocycles. The van der Waals surface area contributed by atoms with E-state index in [-0.39, 0.29) is 0 Å². The first-order valence-electron chi connectivity index (χ1n) is 5.28. The molecule has 74 valence electrons. The van der Waals surface area contributed by atoms with Gasteiger partial charge in [-0.15, -0.1) is 0 Å². The van der Waals surface area contributed by atoms with Crippen molar-refractivity contribution in [3.63, 3.8) is 0 Å². The summed E-state index contributed by atoms with van der Waals surface area (Å²) in [6.45, 7) is 3.27. The number of carbonyl (C=O) groups is 1. The summed E-state index contributed by atoms with van der Waals surface area (Å²) < 4.78 is 0. The Labute approximate surface area is 79.3 Å². The first kappa shape index (κ1) is 9.16. The lowest BCUT2D eigenvalue weighted by Crippen LogP contribution is -2.29. The maximum atomic E-state index is 10.1. The number of aldehydes is 1. The Hall–Kier alpha value is -0.410. The van der Waals surface area contributed by atoms with E-state index in [2.05, 4.69) is 10.6 Å². The van der Waals surface area contributed by atoms with Gasteiger partial charge in [0.05, 0.1) is 0 Å². The summed E-state index contributed by atoms with van der Waals surface area (Å²) in [5.74, 6) is 1.79. The molecule has 1 saturated heterocycles. The summed E-state index contributed by atoms with van der Waals surface area (Å²) in [4.78, 5) is 10.1. The van der Waals surface area contributed by atoms with Crippen LogP contribution in [-0.2, 0) is 4.79 Å². The highest BCUT2D eigenvalue weighted by Crippen LogP contribution is 2.34. The van der Waals surface area contributed by atoms with Crippen molar-refractivity contribution in [1.82, 2.24) is 10.6 Å². The molecule has 0 amide bonds. The van der Waals surface area contributed by atoms with E-state index < -0.39 is 0 Å². The van der Waals surface area contributed by atoms with Crippen LogP contribution in [0.1, 0.15) is 19.3 Å². The van der Waals surface area contributed by atoms with Crippen LogP contribution in [0.25, 0.3) is 0 Å². The number of rotatable bonds is 4. The molecule has 2 N–H and O–H groups in total. The molecule has 2 unspecified atom stereocenters. The van der Waals surface area contributed by atoms with E-state index in [1.165, 1.54) is 25.9 Å². The summed E-state index contributed by atoms with van der Waals surface area (Å²) in [6.07, 6.45) is 4.25. The first-order chi connectivity index (χ1) is 6.40. The Morgan fingerprint density at radius 1 is 1.31 bits per heavy atom. The van der Waals surface area contributed by atoms with Crippen molar-refractivity contribution in [3.05, 3.63) is 0 Å². The lowest BCUT2D eigenvalue weighted by molar-refractivity contribution is -0.107. The summed E-state index contributed by atoms with van der Waals surface area (Å²) in [5, 5.41) is 6.88. The number of hydrogen-bond acceptors (Lipinski definition) is 3. The summed E-state index contributed by atoms with van der Waals surface area (Å²) in [5.41, 5.74) is 0. The van der Waals surface area contributed by atoms with Crippen LogP contribution in [0, 0.1) is 11.8 Å². The van der Waals surface area contributed by atoms with Crippen molar-refractivity contribution in [2.75, 3.05) is 19.6 Å². The Morgan fingerprint density at radius 3 is 2.62 bits per heavy atom. The van der Waals surface area contributed by atoms with E-state index in [4.69, 9.17) is 0 Å². The highest BCUT2D eigenvalue weighted by atomic mass is 16.1. The van der Waals surface area contributed by atoms with Crippen LogP contribution in [0.15, 0.2) is 0 Å². The van der Waals surface area contributed by atoms with Crippen LogP contribution < -0.4 is 10.6 Å². The molecule has 0 bridgehead atoms. The first-order valence-corrected chi connectivity index (χ1v) is 5.28. The Balaban J connectivity index is 1.69. The predicted octanol–water partition coefficient (Wildman–Crippen LogP) is 0.163. The fraction of sp³-hybridized carbons (Fsp3) is 0.900. The van der Waals surface area contributed by atoms with Gasteiger partial charge in [0.2, 0.25) is 0 Å². The van der Waals surface area contributed by atoms with Crippen LogP contribution in [0.3, 0.4) is 0 Å². The topological polar surface area (TPSA) is 41.1 Å². The van der Waals surface area contributed by atoms with Gasteiger partial charge >= 0.3 is 0 Å². The van der Waals surface area contributed by atoms with Crippen LogP contribution in [0.5, 0.6) is 0 Å². The van der Waals surface area contributed by atoms with E-state index in [1.54, 1.807) is 0 Å². The van der Waals surface area contributed by atoms with Crippen molar-refractivity contribution in [1.29, 1.82) is 0 Å². The van der Waals surface area contributed by atoms with Crippen molar-refractivity contribution < 1.29 is 4.79 Å². The van der Waals surface area contributed by atoms with Crippen molar-refractivity contribution in [2.45, 2.75) is 25.3 Å². The molecule has 13 heavy (non-hydrogen) atoms. The van der Waals surface area contributed by atoms with Gasteiger partial charge in [-0.25, -0.2) is 0 Å². The van der Waals surface area contributed by atoms with E-state index >= 15 is 0 Å². The van der Waals surface area contributed by atoms with Crippen LogP contribution >= 0.6 is 0 Å². The van der Waals surface area contributed by atoms with Gasteiger partial charge in [0.25, 0.3) is 0 Å². The zero-order chi connectivity index (χ0) is 9.10. The van der Waals surface area contributed by atoms with Gasteiger partial charge in [-0.3, -0.25) is 0 Å². The predicted molar refractivity (Wildman–Crippen MR) is 51.6 cm³/mol. The SMILES string of the molecule is O=CCCNC1CC2CNCC2C1. The van der Waals surface area contributed by atoms with E-state index in [0.29, 0.717) is 12.5 Å². The molecule has 0 spiro atoms. The molecule has 0 aromatic carbocycles. The molecular formula is C10H18N2O. The quantitative estimate of drug-likeness (QED) is 0.481. The number of nitrogens with one attached hydrogen (secondary N) is 2. The molecule has 3 nitrogen and oxygen atoms in total. The van der Waals surface area contributed by atoms with Gasteiger partial charge < -0.3 is 15.4 Å². The van der Waals surface area contributed by atoms with Crippen LogP contribution in [0.2, 0.25) is 0 Å². The largest absolute Gasteiger partial charge is 0.316 e. The maximum absolute atomic E-state index is 10.1. The summed E-state index contributed by atoms with van der Waals surface area (Å²) >= 11 is 0. The molecule has 0 aromatic rings. The minimum absolute atomic E-state index is 0.657. The normalized spacial score (nSPS) is 37.7. The van der Waals surface area contributed by atoms with Gasteiger partial charge in [-0.2, -0.15) is 0 Å². The van der Waals surface area contributed by atoms with Gasteiger partial charge in [0.1, 0.15) is 6.29 Å². The van der Waals surface area contributed by atoms with E-state index in [9.17, 15) is 4.79 Å². The third-order valence-electron chi connectivity index (χ3n) is 3.35. The van der Waals surface area contributed by atoms with Crippen molar-refractivity contribution in [3.8, 4) is 0 Å². The van der Waals surface area contributed by atoms with Crippen molar-refractivity contribution in [2.24, 2.45) is 11.8 Å². The lowest BCUT2D eigenvalue weighted by atomic mass is 10.0. The highest BCUT2D eigenvalue weighted by Gasteiger charge is 2.36. The van der Waals surface area contributed by atoms with Gasteiger partial charge in [-0.1, -0.05) is 0 Å². The molecular weight excluding hydrogens is 164 g/mol. The third kappa shape index (κ3) is 2.09. The molecule has 1 heterocycles. The Kier molecular flexibility index (Phi) is 2.96. The molecule has 1 aliphatic heterocycles. The van der Waals surface area contributed by atoms with E-state index in [1.807, 2.05) is 0 Å². The average Bonchev–Trinajstić information content (AvgIpc) is 2.64. The lowest BCUT2D eigenvalue weighted by Gasteiger charge is -2.12. The van der Waals surface area contributed by atoms with Gasteiger partial charge in [-0.05, 0) is 37.8 Å². The van der Waals surface area contributed by atoms with Gasteiger partial charge in [0.15, 0.2) is 0 Å². The molecule has 1 aliphatic carbocycles. The molecule has 0 aromatic heterocycles. The average molecular weight is 182 g/mol. The molecule has 2 aliphatic rings. The number of carbonyl (C=O) groups excluding carboxylic acids is 1. The molecule has 2 fully saturated rings. The second-order valence-corrected chi connectivity index (χ2v) is 4.26. The molecule has 2 atom stereocenters. The maximum Gasteiger partial charge on any atom is 0.121 e. The molecule has 3 heteroatoms. The molecule has 2 rings (SSSR count). The minimum atomic E-state index is 0.657. The second kappa shape index (κ2) is 4.20. The number of fused-ring (bicyclic) bond motifs is 1. The summed E-state index contributed by atoms with van der Waals surface area (Å²) in [7, 11) is 0. The fourth-order valence-corrected chi connectivity index (χ4v) is 2.68. The van der Waals surface area contributed by atoms with Crippen LogP contribution in [-0.4, -0.2) is 32.0 Å². The Morgan fingerprint density at radius 2 is 2.00 bits per heavy atom. The summed E-state index contributed by atoms with van der Waals surface area (Å²) in [6, 6.07) is 0.678. The second-order valence-electron chi connectivity index (χ2n) is 4.26. The third-order valence-corrected chi connectivity index (χ3v) is 3.35. The standard InChI is InChI=1S/C10H18N2O/c13-3-1-2-12-10-4-8-6-11-7-9(8)5-10/h3,8-12H,1-2,4-7H2. The zero-order valence-electron chi connectivity index (χ0n) is 7.96. The van der Waals surface area contributed by atoms with Gasteiger partial charge in [0, 0.05) is 19.0 Å². The van der Waals surface area contributed by atoms with Crippen LogP contribution in [0.4, 0.5) is 0 Å². The number of hydrogen-bond donors (Lipinski definition) is 2. The van der Waals surface area contributed by atoms with E-state index in [0.717, 1.165) is 24.7 Å². The Bertz CT molecular complexity index is 172.